The zero-order valence-electron chi connectivity index (χ0n) is 9.11. The average molecular weight is 261 g/mol. The highest BCUT2D eigenvalue weighted by molar-refractivity contribution is 7.99. The zero-order valence-corrected chi connectivity index (χ0v) is 10.7. The number of nitrogens with zero attached hydrogens (tertiary/aromatic N) is 2. The molecule has 0 radical (unpaired) electrons. The third kappa shape index (κ3) is 3.64. The fourth-order valence-corrected chi connectivity index (χ4v) is 1.94. The minimum atomic E-state index is -1.12. The standard InChI is InChI=1S/C10H13ClN2O2S/c1-3-6(2)16-5-8-12-4-7(11)9(13-8)10(14)15/h4,6H,3,5H2,1-2H3,(H,14,15). The molecule has 0 aromatic carbocycles. The van der Waals surface area contributed by atoms with Crippen molar-refractivity contribution in [3.05, 3.63) is 22.7 Å². The van der Waals surface area contributed by atoms with E-state index < -0.39 is 5.97 Å². The normalized spacial score (nSPS) is 12.4. The number of rotatable bonds is 5. The van der Waals surface area contributed by atoms with Gasteiger partial charge >= 0.3 is 5.97 Å². The van der Waals surface area contributed by atoms with Crippen LogP contribution >= 0.6 is 23.4 Å². The van der Waals surface area contributed by atoms with Crippen molar-refractivity contribution in [3.8, 4) is 0 Å². The summed E-state index contributed by atoms with van der Waals surface area (Å²) < 4.78 is 0. The van der Waals surface area contributed by atoms with Gasteiger partial charge in [-0.05, 0) is 6.42 Å². The number of carboxylic acid groups (broad SMARTS) is 1. The molecule has 0 saturated carbocycles. The van der Waals surface area contributed by atoms with Crippen molar-refractivity contribution in [1.82, 2.24) is 9.97 Å². The van der Waals surface area contributed by atoms with Gasteiger partial charge in [0.25, 0.3) is 0 Å². The van der Waals surface area contributed by atoms with Crippen molar-refractivity contribution in [2.75, 3.05) is 0 Å². The molecule has 0 aliphatic rings. The molecule has 1 unspecified atom stereocenters. The van der Waals surface area contributed by atoms with Crippen molar-refractivity contribution < 1.29 is 9.90 Å². The molecule has 1 aromatic rings. The quantitative estimate of drug-likeness (QED) is 0.882. The summed E-state index contributed by atoms with van der Waals surface area (Å²) in [7, 11) is 0. The van der Waals surface area contributed by atoms with Gasteiger partial charge in [0, 0.05) is 5.25 Å². The van der Waals surface area contributed by atoms with Crippen LogP contribution in [0.2, 0.25) is 5.02 Å². The Hall–Kier alpha value is -0.810. The van der Waals surface area contributed by atoms with Crippen molar-refractivity contribution in [2.24, 2.45) is 0 Å². The monoisotopic (exact) mass is 260 g/mol. The summed E-state index contributed by atoms with van der Waals surface area (Å²) in [5.74, 6) is -0.0128. The van der Waals surface area contributed by atoms with E-state index in [0.717, 1.165) is 6.42 Å². The lowest BCUT2D eigenvalue weighted by Gasteiger charge is -2.07. The van der Waals surface area contributed by atoms with Crippen molar-refractivity contribution in [3.63, 3.8) is 0 Å². The molecule has 88 valence electrons. The molecule has 0 fully saturated rings. The lowest BCUT2D eigenvalue weighted by Crippen LogP contribution is -2.06. The van der Waals surface area contributed by atoms with Gasteiger partial charge in [-0.25, -0.2) is 14.8 Å². The van der Waals surface area contributed by atoms with Crippen LogP contribution in [0.3, 0.4) is 0 Å². The van der Waals surface area contributed by atoms with Gasteiger partial charge in [-0.2, -0.15) is 11.8 Å². The second-order valence-corrected chi connectivity index (χ2v) is 5.15. The van der Waals surface area contributed by atoms with E-state index in [1.807, 2.05) is 0 Å². The summed E-state index contributed by atoms with van der Waals surface area (Å²) >= 11 is 7.36. The van der Waals surface area contributed by atoms with E-state index in [-0.39, 0.29) is 10.7 Å². The topological polar surface area (TPSA) is 63.1 Å². The SMILES string of the molecule is CCC(C)SCc1ncc(Cl)c(C(=O)O)n1. The van der Waals surface area contributed by atoms with Crippen LogP contribution in [0.5, 0.6) is 0 Å². The maximum atomic E-state index is 10.8. The number of hydrogen-bond donors (Lipinski definition) is 1. The second-order valence-electron chi connectivity index (χ2n) is 3.32. The second kappa shape index (κ2) is 6.06. The van der Waals surface area contributed by atoms with Gasteiger partial charge in [0.15, 0.2) is 5.69 Å². The summed E-state index contributed by atoms with van der Waals surface area (Å²) in [6.07, 6.45) is 2.40. The average Bonchev–Trinajstić information content (AvgIpc) is 2.27. The summed E-state index contributed by atoms with van der Waals surface area (Å²) in [6.45, 7) is 4.21. The first kappa shape index (κ1) is 13.3. The predicted octanol–water partition coefficient (Wildman–Crippen LogP) is 2.86. The van der Waals surface area contributed by atoms with Crippen LogP contribution in [0.25, 0.3) is 0 Å². The van der Waals surface area contributed by atoms with Crippen LogP contribution in [0.4, 0.5) is 0 Å². The molecule has 4 nitrogen and oxygen atoms in total. The minimum Gasteiger partial charge on any atom is -0.476 e. The molecule has 1 atom stereocenters. The van der Waals surface area contributed by atoms with Crippen LogP contribution in [-0.2, 0) is 5.75 Å². The number of halogens is 1. The number of hydrogen-bond acceptors (Lipinski definition) is 4. The highest BCUT2D eigenvalue weighted by atomic mass is 35.5. The number of aromatic carboxylic acids is 1. The Morgan fingerprint density at radius 2 is 2.38 bits per heavy atom. The van der Waals surface area contributed by atoms with Gasteiger partial charge in [-0.15, -0.1) is 0 Å². The lowest BCUT2D eigenvalue weighted by molar-refractivity contribution is 0.0690. The molecule has 6 heteroatoms. The van der Waals surface area contributed by atoms with E-state index in [1.54, 1.807) is 11.8 Å². The molecule has 1 rings (SSSR count). The largest absolute Gasteiger partial charge is 0.476 e. The van der Waals surface area contributed by atoms with E-state index in [0.29, 0.717) is 16.8 Å². The Morgan fingerprint density at radius 1 is 1.69 bits per heavy atom. The third-order valence-corrected chi connectivity index (χ3v) is 3.67. The molecule has 1 N–H and O–H groups in total. The van der Waals surface area contributed by atoms with Crippen LogP contribution in [0.1, 0.15) is 36.6 Å². The third-order valence-electron chi connectivity index (χ3n) is 2.07. The Balaban J connectivity index is 2.75. The lowest BCUT2D eigenvalue weighted by atomic mass is 10.4. The molecule has 0 spiro atoms. The van der Waals surface area contributed by atoms with E-state index >= 15 is 0 Å². The van der Waals surface area contributed by atoms with Crippen LogP contribution < -0.4 is 0 Å². The first-order valence-corrected chi connectivity index (χ1v) is 6.33. The Bertz CT molecular complexity index is 387. The Morgan fingerprint density at radius 3 is 2.94 bits per heavy atom. The number of thioether (sulfide) groups is 1. The molecule has 0 amide bonds. The molecule has 1 aromatic heterocycles. The number of carbonyl (C=O) groups is 1. The Kier molecular flexibility index (Phi) is 5.02. The molecule has 0 saturated heterocycles. The first-order chi connectivity index (χ1) is 7.54. The molecule has 0 bridgehead atoms. The maximum Gasteiger partial charge on any atom is 0.356 e. The summed E-state index contributed by atoms with van der Waals surface area (Å²) in [4.78, 5) is 18.7. The van der Waals surface area contributed by atoms with Gasteiger partial charge in [-0.1, -0.05) is 25.4 Å². The van der Waals surface area contributed by atoms with Gasteiger partial charge < -0.3 is 5.11 Å². The van der Waals surface area contributed by atoms with Gasteiger partial charge in [-0.3, -0.25) is 0 Å². The highest BCUT2D eigenvalue weighted by Gasteiger charge is 2.12. The summed E-state index contributed by atoms with van der Waals surface area (Å²) in [5, 5.41) is 9.41. The first-order valence-electron chi connectivity index (χ1n) is 4.91. The minimum absolute atomic E-state index is 0.0739. The van der Waals surface area contributed by atoms with E-state index in [2.05, 4.69) is 23.8 Å². The maximum absolute atomic E-state index is 10.8. The molecule has 16 heavy (non-hydrogen) atoms. The van der Waals surface area contributed by atoms with Crippen LogP contribution in [0.15, 0.2) is 6.20 Å². The number of carboxylic acids is 1. The fourth-order valence-electron chi connectivity index (χ4n) is 0.958. The van der Waals surface area contributed by atoms with E-state index in [1.165, 1.54) is 6.20 Å². The van der Waals surface area contributed by atoms with Gasteiger partial charge in [0.05, 0.1) is 17.0 Å². The highest BCUT2D eigenvalue weighted by Crippen LogP contribution is 2.19. The summed E-state index contributed by atoms with van der Waals surface area (Å²) in [5.41, 5.74) is -0.128. The van der Waals surface area contributed by atoms with Crippen LogP contribution in [0, 0.1) is 0 Å². The van der Waals surface area contributed by atoms with Crippen molar-refractivity contribution in [1.29, 1.82) is 0 Å². The molecule has 0 aliphatic heterocycles. The van der Waals surface area contributed by atoms with Gasteiger partial charge in [0.1, 0.15) is 5.82 Å². The molecule has 0 aliphatic carbocycles. The molecular weight excluding hydrogens is 248 g/mol. The summed E-state index contributed by atoms with van der Waals surface area (Å²) in [6, 6.07) is 0. The van der Waals surface area contributed by atoms with Gasteiger partial charge in [0.2, 0.25) is 0 Å². The fraction of sp³-hybridized carbons (Fsp3) is 0.500. The smallest absolute Gasteiger partial charge is 0.356 e. The van der Waals surface area contributed by atoms with Crippen molar-refractivity contribution in [2.45, 2.75) is 31.3 Å². The van der Waals surface area contributed by atoms with Crippen molar-refractivity contribution >= 4 is 29.3 Å². The molecule has 1 heterocycles. The molecular formula is C10H13ClN2O2S. The Labute approximate surface area is 103 Å². The zero-order chi connectivity index (χ0) is 12.1. The predicted molar refractivity (Wildman–Crippen MR) is 65.0 cm³/mol. The van der Waals surface area contributed by atoms with E-state index in [9.17, 15) is 4.79 Å². The van der Waals surface area contributed by atoms with Crippen LogP contribution in [-0.4, -0.2) is 26.3 Å². The number of aromatic nitrogens is 2. The van der Waals surface area contributed by atoms with E-state index in [4.69, 9.17) is 16.7 Å².